The van der Waals surface area contributed by atoms with Crippen LogP contribution in [0, 0.1) is 0 Å². The summed E-state index contributed by atoms with van der Waals surface area (Å²) in [6, 6.07) is 5.35. The minimum Gasteiger partial charge on any atom is -0.374 e. The van der Waals surface area contributed by atoms with E-state index in [9.17, 15) is 0 Å². The van der Waals surface area contributed by atoms with Gasteiger partial charge in [0, 0.05) is 10.0 Å². The zero-order chi connectivity index (χ0) is 9.97. The molecule has 2 nitrogen and oxygen atoms in total. The van der Waals surface area contributed by atoms with Crippen LogP contribution in [-0.4, -0.2) is 19.3 Å². The molecule has 0 aliphatic carbocycles. The molecule has 1 fully saturated rings. The van der Waals surface area contributed by atoms with Crippen LogP contribution in [0.2, 0.25) is 10.0 Å². The Hall–Kier alpha value is -0.280. The van der Waals surface area contributed by atoms with Crippen molar-refractivity contribution in [3.05, 3.63) is 33.8 Å². The van der Waals surface area contributed by atoms with Crippen molar-refractivity contribution in [1.82, 2.24) is 0 Å². The summed E-state index contributed by atoms with van der Waals surface area (Å²) in [6.07, 6.45) is 0.285. The normalized spacial score (nSPS) is 19.7. The number of hydrogen-bond donors (Lipinski definition) is 0. The maximum absolute atomic E-state index is 5.96. The number of rotatable bonds is 4. The molecule has 2 rings (SSSR count). The number of halogens is 2. The molecule has 1 heterocycles. The first kappa shape index (κ1) is 10.2. The fraction of sp³-hybridized carbons (Fsp3) is 0.400. The number of ether oxygens (including phenoxy) is 2. The Balaban J connectivity index is 1.89. The summed E-state index contributed by atoms with van der Waals surface area (Å²) in [4.78, 5) is 0. The lowest BCUT2D eigenvalue weighted by atomic mass is 10.2. The Bertz CT molecular complexity index is 324. The molecule has 1 atom stereocenters. The van der Waals surface area contributed by atoms with Crippen molar-refractivity contribution in [2.75, 3.05) is 13.2 Å². The fourth-order valence-corrected chi connectivity index (χ4v) is 1.49. The molecule has 1 aliphatic heterocycles. The summed E-state index contributed by atoms with van der Waals surface area (Å²) in [7, 11) is 0. The van der Waals surface area contributed by atoms with E-state index in [1.54, 1.807) is 12.1 Å². The first-order valence-corrected chi connectivity index (χ1v) is 5.14. The maximum atomic E-state index is 5.96. The van der Waals surface area contributed by atoms with E-state index in [4.69, 9.17) is 32.7 Å². The van der Waals surface area contributed by atoms with E-state index in [1.807, 2.05) is 6.07 Å². The van der Waals surface area contributed by atoms with Crippen LogP contribution < -0.4 is 0 Å². The molecule has 0 unspecified atom stereocenters. The van der Waals surface area contributed by atoms with Gasteiger partial charge in [-0.15, -0.1) is 0 Å². The molecule has 0 bridgehead atoms. The highest BCUT2D eigenvalue weighted by Crippen LogP contribution is 2.21. The van der Waals surface area contributed by atoms with Gasteiger partial charge in [-0.3, -0.25) is 0 Å². The van der Waals surface area contributed by atoms with Crippen LogP contribution in [0.3, 0.4) is 0 Å². The van der Waals surface area contributed by atoms with Gasteiger partial charge in [-0.05, 0) is 23.8 Å². The third-order valence-corrected chi connectivity index (χ3v) is 2.58. The topological polar surface area (TPSA) is 21.8 Å². The lowest BCUT2D eigenvalue weighted by molar-refractivity contribution is 0.104. The molecule has 1 aromatic rings. The molecule has 0 spiro atoms. The number of epoxide rings is 1. The van der Waals surface area contributed by atoms with Gasteiger partial charge in [0.1, 0.15) is 6.10 Å². The van der Waals surface area contributed by atoms with Crippen LogP contribution in [0.4, 0.5) is 0 Å². The molecule has 1 aromatic carbocycles. The van der Waals surface area contributed by atoms with Gasteiger partial charge in [0.25, 0.3) is 0 Å². The second-order valence-electron chi connectivity index (χ2n) is 3.21. The molecule has 4 heteroatoms. The summed E-state index contributed by atoms with van der Waals surface area (Å²) < 4.78 is 10.4. The van der Waals surface area contributed by atoms with E-state index in [1.165, 1.54) is 0 Å². The molecular weight excluding hydrogens is 223 g/mol. The van der Waals surface area contributed by atoms with Gasteiger partial charge in [0.05, 0.1) is 19.8 Å². The monoisotopic (exact) mass is 232 g/mol. The number of hydrogen-bond acceptors (Lipinski definition) is 2. The molecule has 0 saturated carbocycles. The standard InChI is InChI=1S/C10H10Cl2O2/c11-8-1-2-10(12)7(3-8)4-13-5-9-6-14-9/h1-3,9H,4-6H2/t9-/m1/s1. The predicted octanol–water partition coefficient (Wildman–Crippen LogP) is 2.91. The van der Waals surface area contributed by atoms with Crippen molar-refractivity contribution < 1.29 is 9.47 Å². The van der Waals surface area contributed by atoms with Crippen molar-refractivity contribution in [3.63, 3.8) is 0 Å². The summed E-state index contributed by atoms with van der Waals surface area (Å²) in [6.45, 7) is 1.92. The zero-order valence-electron chi connectivity index (χ0n) is 7.50. The van der Waals surface area contributed by atoms with Gasteiger partial charge in [0.2, 0.25) is 0 Å². The quantitative estimate of drug-likeness (QED) is 0.746. The largest absolute Gasteiger partial charge is 0.374 e. The molecule has 14 heavy (non-hydrogen) atoms. The van der Waals surface area contributed by atoms with E-state index in [0.29, 0.717) is 23.3 Å². The van der Waals surface area contributed by atoms with Gasteiger partial charge < -0.3 is 9.47 Å². The Morgan fingerprint density at radius 2 is 2.21 bits per heavy atom. The van der Waals surface area contributed by atoms with Crippen LogP contribution in [-0.2, 0) is 16.1 Å². The highest BCUT2D eigenvalue weighted by Gasteiger charge is 2.22. The van der Waals surface area contributed by atoms with Crippen LogP contribution >= 0.6 is 23.2 Å². The SMILES string of the molecule is Clc1ccc(Cl)c(COC[C@@H]2CO2)c1. The van der Waals surface area contributed by atoms with Crippen molar-refractivity contribution in [2.45, 2.75) is 12.7 Å². The minimum atomic E-state index is 0.285. The average molecular weight is 233 g/mol. The van der Waals surface area contributed by atoms with E-state index < -0.39 is 0 Å². The van der Waals surface area contributed by atoms with Crippen molar-refractivity contribution in [2.24, 2.45) is 0 Å². The minimum absolute atomic E-state index is 0.285. The Kier molecular flexibility index (Phi) is 3.29. The van der Waals surface area contributed by atoms with Crippen LogP contribution in [0.5, 0.6) is 0 Å². The molecule has 0 aromatic heterocycles. The van der Waals surface area contributed by atoms with Crippen molar-refractivity contribution in [1.29, 1.82) is 0 Å². The fourth-order valence-electron chi connectivity index (χ4n) is 1.12. The van der Waals surface area contributed by atoms with Gasteiger partial charge in [-0.1, -0.05) is 23.2 Å². The lowest BCUT2D eigenvalue weighted by Crippen LogP contribution is -2.01. The maximum Gasteiger partial charge on any atom is 0.104 e. The molecule has 1 aliphatic rings. The molecular formula is C10H10Cl2O2. The van der Waals surface area contributed by atoms with Crippen molar-refractivity contribution in [3.8, 4) is 0 Å². The highest BCUT2D eigenvalue weighted by atomic mass is 35.5. The Morgan fingerprint density at radius 1 is 1.43 bits per heavy atom. The molecule has 0 radical (unpaired) electrons. The van der Waals surface area contributed by atoms with E-state index in [-0.39, 0.29) is 6.10 Å². The third-order valence-electron chi connectivity index (χ3n) is 1.97. The van der Waals surface area contributed by atoms with Gasteiger partial charge >= 0.3 is 0 Å². The zero-order valence-corrected chi connectivity index (χ0v) is 9.02. The van der Waals surface area contributed by atoms with Crippen LogP contribution in [0.1, 0.15) is 5.56 Å². The van der Waals surface area contributed by atoms with Gasteiger partial charge in [-0.25, -0.2) is 0 Å². The van der Waals surface area contributed by atoms with E-state index in [2.05, 4.69) is 0 Å². The summed E-state index contributed by atoms with van der Waals surface area (Å²) in [5.41, 5.74) is 0.916. The predicted molar refractivity (Wildman–Crippen MR) is 55.9 cm³/mol. The second kappa shape index (κ2) is 4.49. The first-order chi connectivity index (χ1) is 6.75. The Morgan fingerprint density at radius 3 is 2.93 bits per heavy atom. The summed E-state index contributed by atoms with van der Waals surface area (Å²) in [5.74, 6) is 0. The second-order valence-corrected chi connectivity index (χ2v) is 4.05. The first-order valence-electron chi connectivity index (χ1n) is 4.39. The third kappa shape index (κ3) is 2.85. The molecule has 0 N–H and O–H groups in total. The molecule has 76 valence electrons. The van der Waals surface area contributed by atoms with Gasteiger partial charge in [-0.2, -0.15) is 0 Å². The number of benzene rings is 1. The smallest absolute Gasteiger partial charge is 0.104 e. The molecule has 0 amide bonds. The summed E-state index contributed by atoms with van der Waals surface area (Å²) in [5, 5.41) is 1.36. The van der Waals surface area contributed by atoms with Crippen LogP contribution in [0.25, 0.3) is 0 Å². The van der Waals surface area contributed by atoms with E-state index >= 15 is 0 Å². The van der Waals surface area contributed by atoms with Crippen molar-refractivity contribution >= 4 is 23.2 Å². The van der Waals surface area contributed by atoms with E-state index in [0.717, 1.165) is 12.2 Å². The van der Waals surface area contributed by atoms with Crippen LogP contribution in [0.15, 0.2) is 18.2 Å². The van der Waals surface area contributed by atoms with Gasteiger partial charge in [0.15, 0.2) is 0 Å². The molecule has 1 saturated heterocycles. The summed E-state index contributed by atoms with van der Waals surface area (Å²) >= 11 is 11.8. The Labute approximate surface area is 92.7 Å². The lowest BCUT2D eigenvalue weighted by Gasteiger charge is -2.05. The average Bonchev–Trinajstić information content (AvgIpc) is 2.95. The highest BCUT2D eigenvalue weighted by molar-refractivity contribution is 6.33.